The second kappa shape index (κ2) is 14.0. The average Bonchev–Trinajstić information content (AvgIpc) is 2.90. The fourth-order valence-corrected chi connectivity index (χ4v) is 3.95. The number of nitrogens with zero attached hydrogens (tertiary/aromatic N) is 1. The van der Waals surface area contributed by atoms with Crippen molar-refractivity contribution >= 4 is 34.6 Å². The molecule has 11 heteroatoms. The number of carbonyl (C=O) groups excluding carboxylic acids is 2. The molecule has 3 rings (SSSR count). The first-order chi connectivity index (χ1) is 17.9. The molecule has 1 fully saturated rings. The first-order valence-electron chi connectivity index (χ1n) is 12.3. The van der Waals surface area contributed by atoms with Gasteiger partial charge in [0.15, 0.2) is 0 Å². The zero-order chi connectivity index (χ0) is 26.6. The Morgan fingerprint density at radius 2 is 1.73 bits per heavy atom. The molecule has 0 bridgehead atoms. The fourth-order valence-electron chi connectivity index (χ4n) is 3.95. The zero-order valence-electron chi connectivity index (χ0n) is 21.2. The summed E-state index contributed by atoms with van der Waals surface area (Å²) in [4.78, 5) is 25.7. The maximum absolute atomic E-state index is 11.7. The maximum atomic E-state index is 11.7. The molecule has 0 aliphatic carbocycles. The van der Waals surface area contributed by atoms with Crippen LogP contribution in [0.3, 0.4) is 0 Å². The molecule has 2 aromatic carbocycles. The average molecular weight is 512 g/mol. The summed E-state index contributed by atoms with van der Waals surface area (Å²) < 4.78 is 10.7. The summed E-state index contributed by atoms with van der Waals surface area (Å²) in [7, 11) is 1.33. The normalized spacial score (nSPS) is 13.9. The van der Waals surface area contributed by atoms with Crippen LogP contribution >= 0.6 is 0 Å². The molecule has 11 nitrogen and oxygen atoms in total. The van der Waals surface area contributed by atoms with Crippen molar-refractivity contribution in [2.24, 2.45) is 5.73 Å². The predicted octanol–water partition coefficient (Wildman–Crippen LogP) is 1.49. The quantitative estimate of drug-likeness (QED) is 0.100. The number of ether oxygens (including phenoxy) is 2. The Labute approximate surface area is 217 Å². The monoisotopic (exact) mass is 511 g/mol. The molecule has 37 heavy (non-hydrogen) atoms. The number of piperazine rings is 1. The number of nitrogens with one attached hydrogen (secondary N) is 3. The molecule has 0 aromatic heterocycles. The van der Waals surface area contributed by atoms with Crippen LogP contribution in [0.5, 0.6) is 5.75 Å². The third-order valence-corrected chi connectivity index (χ3v) is 5.95. The van der Waals surface area contributed by atoms with Crippen molar-refractivity contribution in [3.05, 3.63) is 53.6 Å². The number of primary amides is 1. The van der Waals surface area contributed by atoms with Crippen LogP contribution in [0, 0.1) is 0 Å². The largest absolute Gasteiger partial charge is 0.491 e. The van der Waals surface area contributed by atoms with Gasteiger partial charge in [-0.2, -0.15) is 0 Å². The topological polar surface area (TPSA) is 170 Å². The van der Waals surface area contributed by atoms with E-state index in [-0.39, 0.29) is 0 Å². The Balaban J connectivity index is 1.52. The van der Waals surface area contributed by atoms with Crippen molar-refractivity contribution < 1.29 is 19.1 Å². The highest BCUT2D eigenvalue weighted by molar-refractivity contribution is 5.96. The van der Waals surface area contributed by atoms with Gasteiger partial charge in [0, 0.05) is 51.4 Å². The fraction of sp³-hybridized carbons (Fsp3) is 0.385. The van der Waals surface area contributed by atoms with Gasteiger partial charge in [-0.3, -0.25) is 4.79 Å². The summed E-state index contributed by atoms with van der Waals surface area (Å²) in [6.45, 7) is 6.52. The van der Waals surface area contributed by atoms with Crippen LogP contribution in [-0.2, 0) is 4.74 Å². The Morgan fingerprint density at radius 3 is 2.41 bits per heavy atom. The van der Waals surface area contributed by atoms with E-state index in [2.05, 4.69) is 20.9 Å². The van der Waals surface area contributed by atoms with E-state index < -0.39 is 11.9 Å². The zero-order valence-corrected chi connectivity index (χ0v) is 21.2. The molecule has 1 heterocycles. The van der Waals surface area contributed by atoms with Crippen molar-refractivity contribution in [1.29, 1.82) is 0 Å². The molecule has 1 amide bonds. The number of carbonyl (C=O) groups is 2. The lowest BCUT2D eigenvalue weighted by atomic mass is 10.1. The van der Waals surface area contributed by atoms with Crippen LogP contribution in [-0.4, -0.2) is 76.3 Å². The summed E-state index contributed by atoms with van der Waals surface area (Å²) in [6.07, 6.45) is 4.72. The van der Waals surface area contributed by atoms with E-state index in [1.807, 2.05) is 12.2 Å². The smallest absolute Gasteiger partial charge is 0.337 e. The molecule has 1 aliphatic rings. The van der Waals surface area contributed by atoms with Gasteiger partial charge >= 0.3 is 5.97 Å². The van der Waals surface area contributed by atoms with Crippen molar-refractivity contribution in [2.75, 3.05) is 81.6 Å². The number of rotatable bonds is 13. The number of nitrogens with two attached hydrogens (primary N) is 3. The molecule has 1 saturated heterocycles. The maximum Gasteiger partial charge on any atom is 0.337 e. The van der Waals surface area contributed by atoms with Gasteiger partial charge in [0.05, 0.1) is 36.3 Å². The van der Waals surface area contributed by atoms with Crippen molar-refractivity contribution in [2.45, 2.75) is 6.42 Å². The molecule has 2 aromatic rings. The predicted molar refractivity (Wildman–Crippen MR) is 147 cm³/mol. The molecular weight excluding hydrogens is 474 g/mol. The summed E-state index contributed by atoms with van der Waals surface area (Å²) in [6, 6.07) is 8.13. The van der Waals surface area contributed by atoms with E-state index in [0.717, 1.165) is 39.1 Å². The minimum atomic E-state index is -0.561. The Kier molecular flexibility index (Phi) is 10.4. The van der Waals surface area contributed by atoms with Gasteiger partial charge in [-0.1, -0.05) is 12.2 Å². The molecule has 1 aliphatic heterocycles. The van der Waals surface area contributed by atoms with Crippen molar-refractivity contribution in [3.8, 4) is 5.75 Å². The van der Waals surface area contributed by atoms with E-state index in [4.69, 9.17) is 26.7 Å². The lowest BCUT2D eigenvalue weighted by Gasteiger charge is -2.27. The number of nitrogen functional groups attached to an aromatic ring is 2. The highest BCUT2D eigenvalue weighted by Crippen LogP contribution is 2.32. The number of esters is 1. The van der Waals surface area contributed by atoms with Crippen LogP contribution in [0.15, 0.2) is 42.5 Å². The van der Waals surface area contributed by atoms with E-state index in [9.17, 15) is 9.59 Å². The lowest BCUT2D eigenvalue weighted by Crippen LogP contribution is -2.43. The van der Waals surface area contributed by atoms with Gasteiger partial charge in [0.25, 0.3) is 0 Å². The van der Waals surface area contributed by atoms with Crippen LogP contribution in [0.1, 0.15) is 27.1 Å². The van der Waals surface area contributed by atoms with Crippen LogP contribution in [0.2, 0.25) is 0 Å². The van der Waals surface area contributed by atoms with Gasteiger partial charge in [-0.05, 0) is 36.8 Å². The van der Waals surface area contributed by atoms with E-state index in [0.29, 0.717) is 59.3 Å². The number of methoxy groups -OCH3 is 1. The summed E-state index contributed by atoms with van der Waals surface area (Å²) in [5.74, 6) is -0.497. The molecule has 0 atom stereocenters. The number of benzene rings is 2. The molecule has 0 unspecified atom stereocenters. The Morgan fingerprint density at radius 1 is 1.03 bits per heavy atom. The molecule has 0 spiro atoms. The first kappa shape index (κ1) is 27.6. The van der Waals surface area contributed by atoms with Gasteiger partial charge < -0.3 is 47.5 Å². The molecule has 9 N–H and O–H groups in total. The van der Waals surface area contributed by atoms with Crippen molar-refractivity contribution in [1.82, 2.24) is 10.2 Å². The Hall–Kier alpha value is -3.96. The highest BCUT2D eigenvalue weighted by atomic mass is 16.5. The SMILES string of the molecule is COC(=O)c1ccc(NC/C=C/CNc2c(N)cc(C(N)=O)cc2OCCCN2CCNCC2)c(N)c1. The minimum absolute atomic E-state index is 0.302. The number of hydrogen-bond donors (Lipinski definition) is 6. The third-order valence-electron chi connectivity index (χ3n) is 5.95. The second-order valence-electron chi connectivity index (χ2n) is 8.62. The molecule has 0 saturated carbocycles. The van der Waals surface area contributed by atoms with Crippen LogP contribution < -0.4 is 37.9 Å². The van der Waals surface area contributed by atoms with E-state index >= 15 is 0 Å². The molecule has 0 radical (unpaired) electrons. The van der Waals surface area contributed by atoms with E-state index in [1.165, 1.54) is 7.11 Å². The number of amides is 1. The second-order valence-corrected chi connectivity index (χ2v) is 8.62. The van der Waals surface area contributed by atoms with Crippen LogP contribution in [0.25, 0.3) is 0 Å². The number of anilines is 4. The number of hydrogen-bond acceptors (Lipinski definition) is 10. The summed E-state index contributed by atoms with van der Waals surface area (Å²) in [5.41, 5.74) is 20.6. The summed E-state index contributed by atoms with van der Waals surface area (Å²) in [5, 5.41) is 9.81. The van der Waals surface area contributed by atoms with Gasteiger partial charge in [-0.15, -0.1) is 0 Å². The third kappa shape index (κ3) is 8.29. The lowest BCUT2D eigenvalue weighted by molar-refractivity contribution is 0.0600. The van der Waals surface area contributed by atoms with Gasteiger partial charge in [0.1, 0.15) is 11.4 Å². The van der Waals surface area contributed by atoms with Gasteiger partial charge in [0.2, 0.25) is 5.91 Å². The molecular formula is C26H37N7O4. The Bertz CT molecular complexity index is 1100. The van der Waals surface area contributed by atoms with Crippen LogP contribution in [0.4, 0.5) is 22.7 Å². The summed E-state index contributed by atoms with van der Waals surface area (Å²) >= 11 is 0. The first-order valence-corrected chi connectivity index (χ1v) is 12.3. The van der Waals surface area contributed by atoms with Crippen molar-refractivity contribution in [3.63, 3.8) is 0 Å². The molecule has 200 valence electrons. The standard InChI is InChI=1S/C26H37N7O4/c1-36-26(35)18-5-6-22(20(27)15-18)31-7-2-3-8-32-24-21(28)16-19(25(29)34)17-23(24)37-14-4-11-33-12-9-30-10-13-33/h2-3,5-6,15-17,30-32H,4,7-14,27-28H2,1H3,(H2,29,34)/b3-2+. The van der Waals surface area contributed by atoms with E-state index in [1.54, 1.807) is 30.3 Å². The highest BCUT2D eigenvalue weighted by Gasteiger charge is 2.14. The van der Waals surface area contributed by atoms with Gasteiger partial charge in [-0.25, -0.2) is 4.79 Å². The minimum Gasteiger partial charge on any atom is -0.491 e.